The summed E-state index contributed by atoms with van der Waals surface area (Å²) < 4.78 is 1.67. The Hall–Kier alpha value is -1.12. The molecular weight excluding hydrogens is 116 g/mol. The normalized spacial score (nSPS) is 9.56. The lowest BCUT2D eigenvalue weighted by atomic mass is 10.4. The third-order valence-corrected chi connectivity index (χ3v) is 1.25. The predicted molar refractivity (Wildman–Crippen MR) is 33.3 cm³/mol. The molecule has 0 aliphatic rings. The number of aromatic nitrogens is 2. The zero-order valence-electron chi connectivity index (χ0n) is 5.46. The van der Waals surface area contributed by atoms with Gasteiger partial charge in [-0.05, 0) is 13.0 Å². The Morgan fingerprint density at radius 2 is 2.44 bits per heavy atom. The van der Waals surface area contributed by atoms with Gasteiger partial charge in [0.15, 0.2) is 6.29 Å². The molecule has 0 atom stereocenters. The molecule has 9 heavy (non-hydrogen) atoms. The molecule has 0 spiro atoms. The molecule has 0 aliphatic heterocycles. The zero-order valence-corrected chi connectivity index (χ0v) is 5.46. The number of carbonyl (C=O) groups is 1. The maximum absolute atomic E-state index is 10.1. The first-order chi connectivity index (χ1) is 4.24. The second-order valence-electron chi connectivity index (χ2n) is 1.95. The summed E-state index contributed by atoms with van der Waals surface area (Å²) >= 11 is 0. The summed E-state index contributed by atoms with van der Waals surface area (Å²) in [6.45, 7) is 1.90. The van der Waals surface area contributed by atoms with Crippen LogP contribution in [0, 0.1) is 6.92 Å². The van der Waals surface area contributed by atoms with Gasteiger partial charge in [-0.2, -0.15) is 5.10 Å². The summed E-state index contributed by atoms with van der Waals surface area (Å²) in [5, 5.41) is 3.88. The van der Waals surface area contributed by atoms with Gasteiger partial charge in [0, 0.05) is 12.7 Å². The van der Waals surface area contributed by atoms with E-state index in [0.29, 0.717) is 5.69 Å². The fourth-order valence-corrected chi connectivity index (χ4v) is 0.646. The van der Waals surface area contributed by atoms with Crippen molar-refractivity contribution in [2.45, 2.75) is 6.92 Å². The molecule has 1 aromatic heterocycles. The van der Waals surface area contributed by atoms with Gasteiger partial charge in [0.1, 0.15) is 5.69 Å². The van der Waals surface area contributed by atoms with E-state index in [1.807, 2.05) is 14.0 Å². The largest absolute Gasteiger partial charge is 0.296 e. The fourth-order valence-electron chi connectivity index (χ4n) is 0.646. The van der Waals surface area contributed by atoms with Gasteiger partial charge in [-0.1, -0.05) is 0 Å². The van der Waals surface area contributed by atoms with Gasteiger partial charge in [0.05, 0.1) is 0 Å². The number of nitrogens with zero attached hydrogens (tertiary/aromatic N) is 2. The van der Waals surface area contributed by atoms with Crippen LogP contribution in [0.4, 0.5) is 0 Å². The van der Waals surface area contributed by atoms with E-state index in [1.54, 1.807) is 10.7 Å². The summed E-state index contributed by atoms with van der Waals surface area (Å²) in [5.74, 6) is 0. The van der Waals surface area contributed by atoms with Crippen molar-refractivity contribution in [2.24, 2.45) is 7.05 Å². The highest BCUT2D eigenvalue weighted by molar-refractivity contribution is 5.71. The Balaban J connectivity index is 3.11. The number of hydrogen-bond donors (Lipinski definition) is 0. The van der Waals surface area contributed by atoms with Crippen LogP contribution in [0.3, 0.4) is 0 Å². The van der Waals surface area contributed by atoms with Crippen LogP contribution in [0.5, 0.6) is 0 Å². The summed E-state index contributed by atoms with van der Waals surface area (Å²) in [5.41, 5.74) is 1.49. The highest BCUT2D eigenvalue weighted by atomic mass is 16.1. The second-order valence-corrected chi connectivity index (χ2v) is 1.95. The van der Waals surface area contributed by atoms with Crippen LogP contribution in [-0.4, -0.2) is 16.1 Å². The van der Waals surface area contributed by atoms with Crippen LogP contribution in [0.25, 0.3) is 0 Å². The van der Waals surface area contributed by atoms with Crippen LogP contribution in [-0.2, 0) is 7.05 Å². The van der Waals surface area contributed by atoms with E-state index < -0.39 is 0 Å². The molecule has 3 nitrogen and oxygen atoms in total. The summed E-state index contributed by atoms with van der Waals surface area (Å²) in [6, 6.07) is 1.74. The van der Waals surface area contributed by atoms with Gasteiger partial charge < -0.3 is 0 Å². The van der Waals surface area contributed by atoms with Crippen LogP contribution < -0.4 is 0 Å². The van der Waals surface area contributed by atoms with Crippen molar-refractivity contribution in [1.82, 2.24) is 9.78 Å². The first-order valence-electron chi connectivity index (χ1n) is 2.70. The Morgan fingerprint density at radius 1 is 1.78 bits per heavy atom. The minimum Gasteiger partial charge on any atom is -0.296 e. The molecule has 0 bridgehead atoms. The molecule has 1 aromatic rings. The third-order valence-electron chi connectivity index (χ3n) is 1.25. The van der Waals surface area contributed by atoms with E-state index in [9.17, 15) is 4.79 Å². The molecule has 0 saturated carbocycles. The smallest absolute Gasteiger partial charge is 0.170 e. The molecule has 0 aliphatic carbocycles. The zero-order chi connectivity index (χ0) is 6.85. The Bertz CT molecular complexity index is 207. The molecule has 0 unspecified atom stereocenters. The fraction of sp³-hybridized carbons (Fsp3) is 0.333. The van der Waals surface area contributed by atoms with E-state index in [4.69, 9.17) is 0 Å². The van der Waals surface area contributed by atoms with Crippen molar-refractivity contribution in [3.8, 4) is 0 Å². The maximum Gasteiger partial charge on any atom is 0.170 e. The number of aryl methyl sites for hydroxylation is 2. The molecular formula is C6H8N2O. The summed E-state index contributed by atoms with van der Waals surface area (Å²) in [6.07, 6.45) is 0.743. The topological polar surface area (TPSA) is 34.9 Å². The van der Waals surface area contributed by atoms with Crippen LogP contribution in [0.1, 0.15) is 16.2 Å². The molecule has 3 heteroatoms. The van der Waals surface area contributed by atoms with Crippen molar-refractivity contribution < 1.29 is 4.79 Å². The molecule has 0 aromatic carbocycles. The quantitative estimate of drug-likeness (QED) is 0.512. The number of rotatable bonds is 1. The van der Waals surface area contributed by atoms with Crippen molar-refractivity contribution >= 4 is 6.29 Å². The monoisotopic (exact) mass is 124 g/mol. The minimum absolute atomic E-state index is 0.495. The molecule has 0 radical (unpaired) electrons. The summed E-state index contributed by atoms with van der Waals surface area (Å²) in [7, 11) is 1.81. The maximum atomic E-state index is 10.1. The van der Waals surface area contributed by atoms with E-state index in [0.717, 1.165) is 12.0 Å². The van der Waals surface area contributed by atoms with Gasteiger partial charge in [0.2, 0.25) is 0 Å². The predicted octanol–water partition coefficient (Wildman–Crippen LogP) is 0.541. The minimum atomic E-state index is 0.495. The van der Waals surface area contributed by atoms with E-state index in [-0.39, 0.29) is 0 Å². The molecule has 48 valence electrons. The van der Waals surface area contributed by atoms with Gasteiger partial charge in [0.25, 0.3) is 0 Å². The Labute approximate surface area is 53.3 Å². The van der Waals surface area contributed by atoms with Crippen molar-refractivity contribution in [3.05, 3.63) is 17.5 Å². The van der Waals surface area contributed by atoms with Crippen molar-refractivity contribution in [3.63, 3.8) is 0 Å². The molecule has 0 fully saturated rings. The lowest BCUT2D eigenvalue weighted by molar-refractivity contribution is 0.111. The standard InChI is InChI=1S/C6H8N2O/c1-5-3-6(4-9)7-8(5)2/h3-4H,1-2H3. The van der Waals surface area contributed by atoms with E-state index in [2.05, 4.69) is 5.10 Å². The van der Waals surface area contributed by atoms with Crippen LogP contribution in [0.2, 0.25) is 0 Å². The van der Waals surface area contributed by atoms with E-state index in [1.165, 1.54) is 0 Å². The molecule has 1 rings (SSSR count). The van der Waals surface area contributed by atoms with E-state index >= 15 is 0 Å². The second kappa shape index (κ2) is 2.01. The van der Waals surface area contributed by atoms with Gasteiger partial charge in [-0.15, -0.1) is 0 Å². The molecule has 0 amide bonds. The lowest BCUT2D eigenvalue weighted by Crippen LogP contribution is -1.92. The Kier molecular flexibility index (Phi) is 1.34. The lowest BCUT2D eigenvalue weighted by Gasteiger charge is -1.87. The van der Waals surface area contributed by atoms with Gasteiger partial charge in [-0.3, -0.25) is 9.48 Å². The average Bonchev–Trinajstić information content (AvgIpc) is 2.13. The summed E-state index contributed by atoms with van der Waals surface area (Å²) in [4.78, 5) is 10.1. The number of aldehydes is 1. The van der Waals surface area contributed by atoms with Gasteiger partial charge >= 0.3 is 0 Å². The van der Waals surface area contributed by atoms with Crippen molar-refractivity contribution in [2.75, 3.05) is 0 Å². The number of hydrogen-bond acceptors (Lipinski definition) is 2. The molecule has 0 saturated heterocycles. The average molecular weight is 124 g/mol. The van der Waals surface area contributed by atoms with Crippen molar-refractivity contribution in [1.29, 1.82) is 0 Å². The van der Waals surface area contributed by atoms with Gasteiger partial charge in [-0.25, -0.2) is 0 Å². The first-order valence-corrected chi connectivity index (χ1v) is 2.70. The highest BCUT2D eigenvalue weighted by Gasteiger charge is 1.96. The van der Waals surface area contributed by atoms with Crippen LogP contribution >= 0.6 is 0 Å². The molecule has 1 heterocycles. The Morgan fingerprint density at radius 3 is 2.67 bits per heavy atom. The number of carbonyl (C=O) groups excluding carboxylic acids is 1. The third kappa shape index (κ3) is 0.988. The first kappa shape index (κ1) is 6.01. The van der Waals surface area contributed by atoms with Crippen LogP contribution in [0.15, 0.2) is 6.07 Å². The molecule has 0 N–H and O–H groups in total. The SMILES string of the molecule is Cc1cc(C=O)nn1C. The highest BCUT2D eigenvalue weighted by Crippen LogP contribution is 1.96.